The number of hydrogen-bond donors (Lipinski definition) is 1. The minimum atomic E-state index is -4.37. The average molecular weight is 313 g/mol. The first-order chi connectivity index (χ1) is 9.90. The highest BCUT2D eigenvalue weighted by atomic mass is 32.2. The highest BCUT2D eigenvalue weighted by Crippen LogP contribution is 2.35. The fourth-order valence-corrected chi connectivity index (χ4v) is 2.64. The number of thioether (sulfide) groups is 1. The van der Waals surface area contributed by atoms with Crippen LogP contribution in [0.4, 0.5) is 18.9 Å². The van der Waals surface area contributed by atoms with Crippen LogP contribution in [0.5, 0.6) is 5.75 Å². The minimum Gasteiger partial charge on any atom is -0.497 e. The summed E-state index contributed by atoms with van der Waals surface area (Å²) in [7, 11) is 1.59. The summed E-state index contributed by atoms with van der Waals surface area (Å²) in [6, 6.07) is 10.9. The molecule has 0 saturated carbocycles. The van der Waals surface area contributed by atoms with E-state index < -0.39 is 11.7 Å². The lowest BCUT2D eigenvalue weighted by molar-refractivity contribution is -0.137. The molecule has 0 radical (unpaired) electrons. The Kier molecular flexibility index (Phi) is 4.67. The van der Waals surface area contributed by atoms with Gasteiger partial charge < -0.3 is 10.5 Å². The maximum absolute atomic E-state index is 12.5. The lowest BCUT2D eigenvalue weighted by Gasteiger charge is -2.10. The zero-order chi connectivity index (χ0) is 15.5. The first kappa shape index (κ1) is 15.6. The second-order valence-electron chi connectivity index (χ2n) is 4.39. The number of methoxy groups -OCH3 is 1. The lowest BCUT2D eigenvalue weighted by atomic mass is 10.2. The predicted octanol–water partition coefficient (Wildman–Crippen LogP) is 4.59. The monoisotopic (exact) mass is 313 g/mol. The quantitative estimate of drug-likeness (QED) is 0.662. The molecule has 0 spiro atoms. The molecule has 0 aliphatic heterocycles. The van der Waals surface area contributed by atoms with Gasteiger partial charge in [0.15, 0.2) is 0 Å². The van der Waals surface area contributed by atoms with Crippen LogP contribution in [-0.2, 0) is 11.9 Å². The average Bonchev–Trinajstić information content (AvgIpc) is 2.45. The second kappa shape index (κ2) is 6.30. The molecule has 0 atom stereocenters. The van der Waals surface area contributed by atoms with E-state index in [0.29, 0.717) is 10.6 Å². The molecule has 0 saturated heterocycles. The van der Waals surface area contributed by atoms with Crippen molar-refractivity contribution in [1.29, 1.82) is 0 Å². The molecule has 0 aromatic heterocycles. The molecule has 2 nitrogen and oxygen atoms in total. The highest BCUT2D eigenvalue weighted by molar-refractivity contribution is 7.98. The molecule has 0 bridgehead atoms. The normalized spacial score (nSPS) is 11.4. The van der Waals surface area contributed by atoms with Crippen molar-refractivity contribution in [3.05, 3.63) is 53.6 Å². The van der Waals surface area contributed by atoms with Crippen LogP contribution >= 0.6 is 11.8 Å². The van der Waals surface area contributed by atoms with Gasteiger partial charge in [-0.15, -0.1) is 11.8 Å². The topological polar surface area (TPSA) is 35.2 Å². The SMILES string of the molecule is COc1ccc(CSc2ccc(C(F)(F)F)cc2N)cc1. The highest BCUT2D eigenvalue weighted by Gasteiger charge is 2.30. The number of hydrogen-bond acceptors (Lipinski definition) is 3. The Morgan fingerprint density at radius 3 is 2.29 bits per heavy atom. The van der Waals surface area contributed by atoms with Gasteiger partial charge in [0.05, 0.1) is 12.7 Å². The molecule has 2 aromatic carbocycles. The van der Waals surface area contributed by atoms with Crippen LogP contribution in [0, 0.1) is 0 Å². The molecule has 2 rings (SSSR count). The van der Waals surface area contributed by atoms with Crippen molar-refractivity contribution in [2.75, 3.05) is 12.8 Å². The Morgan fingerprint density at radius 1 is 1.10 bits per heavy atom. The molecule has 0 unspecified atom stereocenters. The van der Waals surface area contributed by atoms with Gasteiger partial charge in [-0.25, -0.2) is 0 Å². The van der Waals surface area contributed by atoms with E-state index in [4.69, 9.17) is 10.5 Å². The maximum atomic E-state index is 12.5. The van der Waals surface area contributed by atoms with Gasteiger partial charge in [-0.3, -0.25) is 0 Å². The van der Waals surface area contributed by atoms with Crippen LogP contribution in [0.25, 0.3) is 0 Å². The summed E-state index contributed by atoms with van der Waals surface area (Å²) >= 11 is 1.40. The predicted molar refractivity (Wildman–Crippen MR) is 78.4 cm³/mol. The third kappa shape index (κ3) is 4.07. The van der Waals surface area contributed by atoms with E-state index >= 15 is 0 Å². The molecule has 0 aliphatic rings. The molecular weight excluding hydrogens is 299 g/mol. The van der Waals surface area contributed by atoms with Crippen molar-refractivity contribution in [2.45, 2.75) is 16.8 Å². The number of anilines is 1. The Hall–Kier alpha value is -1.82. The first-order valence-electron chi connectivity index (χ1n) is 6.12. The van der Waals surface area contributed by atoms with E-state index in [9.17, 15) is 13.2 Å². The molecule has 0 fully saturated rings. The number of rotatable bonds is 4. The number of nitrogens with two attached hydrogens (primary N) is 1. The van der Waals surface area contributed by atoms with Gasteiger partial charge in [0.25, 0.3) is 0 Å². The molecule has 6 heteroatoms. The summed E-state index contributed by atoms with van der Waals surface area (Å²) in [6.45, 7) is 0. The molecule has 2 N–H and O–H groups in total. The Balaban J connectivity index is 2.06. The molecule has 2 aromatic rings. The Bertz CT molecular complexity index is 611. The van der Waals surface area contributed by atoms with Crippen LogP contribution in [0.1, 0.15) is 11.1 Å². The van der Waals surface area contributed by atoms with Crippen LogP contribution in [0.15, 0.2) is 47.4 Å². The number of ether oxygens (including phenoxy) is 1. The minimum absolute atomic E-state index is 0.142. The summed E-state index contributed by atoms with van der Waals surface area (Å²) in [5.41, 5.74) is 6.14. The molecule has 0 aliphatic carbocycles. The van der Waals surface area contributed by atoms with Crippen LogP contribution in [0.3, 0.4) is 0 Å². The van der Waals surface area contributed by atoms with Crippen molar-refractivity contribution in [2.24, 2.45) is 0 Å². The number of benzene rings is 2. The van der Waals surface area contributed by atoms with Crippen LogP contribution < -0.4 is 10.5 Å². The Labute approximate surface area is 125 Å². The second-order valence-corrected chi connectivity index (χ2v) is 5.40. The molecule has 112 valence electrons. The van der Waals surface area contributed by atoms with Crippen LogP contribution in [-0.4, -0.2) is 7.11 Å². The van der Waals surface area contributed by atoms with Gasteiger partial charge in [-0.2, -0.15) is 13.2 Å². The van der Waals surface area contributed by atoms with E-state index in [0.717, 1.165) is 23.4 Å². The van der Waals surface area contributed by atoms with Crippen LogP contribution in [0.2, 0.25) is 0 Å². The zero-order valence-corrected chi connectivity index (χ0v) is 12.1. The molecule has 0 heterocycles. The standard InChI is InChI=1S/C15H14F3NOS/c1-20-12-5-2-10(3-6-12)9-21-14-7-4-11(8-13(14)19)15(16,17)18/h2-8H,9,19H2,1H3. The largest absolute Gasteiger partial charge is 0.497 e. The zero-order valence-electron chi connectivity index (χ0n) is 11.3. The number of alkyl halides is 3. The number of nitrogen functional groups attached to an aromatic ring is 1. The lowest BCUT2D eigenvalue weighted by Crippen LogP contribution is -2.05. The Morgan fingerprint density at radius 2 is 1.76 bits per heavy atom. The maximum Gasteiger partial charge on any atom is 0.416 e. The fraction of sp³-hybridized carbons (Fsp3) is 0.200. The molecule has 0 amide bonds. The van der Waals surface area contributed by atoms with E-state index in [-0.39, 0.29) is 5.69 Å². The van der Waals surface area contributed by atoms with Gasteiger partial charge >= 0.3 is 6.18 Å². The smallest absolute Gasteiger partial charge is 0.416 e. The van der Waals surface area contributed by atoms with E-state index in [2.05, 4.69) is 0 Å². The van der Waals surface area contributed by atoms with E-state index in [1.54, 1.807) is 7.11 Å². The van der Waals surface area contributed by atoms with Gasteiger partial charge in [0.1, 0.15) is 5.75 Å². The third-order valence-corrected chi connectivity index (χ3v) is 4.05. The van der Waals surface area contributed by atoms with Crippen molar-refractivity contribution in [1.82, 2.24) is 0 Å². The van der Waals surface area contributed by atoms with Gasteiger partial charge in [0.2, 0.25) is 0 Å². The third-order valence-electron chi connectivity index (χ3n) is 2.89. The van der Waals surface area contributed by atoms with Crippen molar-refractivity contribution in [3.63, 3.8) is 0 Å². The summed E-state index contributed by atoms with van der Waals surface area (Å²) in [4.78, 5) is 0.638. The van der Waals surface area contributed by atoms with Crippen molar-refractivity contribution >= 4 is 17.4 Å². The summed E-state index contributed by atoms with van der Waals surface area (Å²) < 4.78 is 42.7. The molecular formula is C15H14F3NOS. The van der Waals surface area contributed by atoms with E-state index in [1.165, 1.54) is 17.8 Å². The molecule has 21 heavy (non-hydrogen) atoms. The van der Waals surface area contributed by atoms with Gasteiger partial charge in [0, 0.05) is 16.3 Å². The summed E-state index contributed by atoms with van der Waals surface area (Å²) in [6.07, 6.45) is -4.37. The van der Waals surface area contributed by atoms with Crippen molar-refractivity contribution < 1.29 is 17.9 Å². The van der Waals surface area contributed by atoms with E-state index in [1.807, 2.05) is 24.3 Å². The van der Waals surface area contributed by atoms with Crippen molar-refractivity contribution in [3.8, 4) is 5.75 Å². The van der Waals surface area contributed by atoms with Gasteiger partial charge in [-0.1, -0.05) is 12.1 Å². The summed E-state index contributed by atoms with van der Waals surface area (Å²) in [5, 5.41) is 0. The fourth-order valence-electron chi connectivity index (χ4n) is 1.74. The van der Waals surface area contributed by atoms with Gasteiger partial charge in [-0.05, 0) is 35.9 Å². The first-order valence-corrected chi connectivity index (χ1v) is 7.11. The summed E-state index contributed by atoms with van der Waals surface area (Å²) in [5.74, 6) is 1.39. The number of halogens is 3.